The Morgan fingerprint density at radius 3 is 2.71 bits per heavy atom. The molecule has 0 spiro atoms. The molecule has 0 aromatic heterocycles. The molecule has 1 aromatic rings. The van der Waals surface area contributed by atoms with Gasteiger partial charge in [0.05, 0.1) is 6.42 Å². The van der Waals surface area contributed by atoms with Crippen LogP contribution in [-0.2, 0) is 11.2 Å². The van der Waals surface area contributed by atoms with Gasteiger partial charge in [0.1, 0.15) is 13.8 Å². The van der Waals surface area contributed by atoms with Gasteiger partial charge < -0.3 is 4.74 Å². The van der Waals surface area contributed by atoms with Crippen molar-refractivity contribution >= 4 is 14.0 Å². The first-order valence-electron chi connectivity index (χ1n) is 5.81. The van der Waals surface area contributed by atoms with Crippen molar-refractivity contribution in [2.24, 2.45) is 0 Å². The molecule has 0 atom stereocenters. The summed E-state index contributed by atoms with van der Waals surface area (Å²) in [6.07, 6.45) is 1.25. The molecule has 0 saturated heterocycles. The van der Waals surface area contributed by atoms with Crippen LogP contribution in [0.3, 0.4) is 0 Å². The number of rotatable bonds is 0. The van der Waals surface area contributed by atoms with E-state index in [9.17, 15) is 4.79 Å². The molecule has 2 rings (SSSR count). The second-order valence-corrected chi connectivity index (χ2v) is 10.0. The van der Waals surface area contributed by atoms with Gasteiger partial charge in [0, 0.05) is 5.56 Å². The normalized spacial score (nSPS) is 14.4. The maximum absolute atomic E-state index is 11.2. The van der Waals surface area contributed by atoms with Gasteiger partial charge in [-0.25, -0.2) is 0 Å². The Morgan fingerprint density at radius 1 is 1.24 bits per heavy atom. The minimum atomic E-state index is -1.36. The molecule has 0 N–H and O–H groups in total. The van der Waals surface area contributed by atoms with E-state index in [1.54, 1.807) is 0 Å². The minimum Gasteiger partial charge on any atom is -0.426 e. The zero-order valence-electron chi connectivity index (χ0n) is 10.5. The van der Waals surface area contributed by atoms with Crippen molar-refractivity contribution in [2.45, 2.75) is 32.5 Å². The van der Waals surface area contributed by atoms with Crippen molar-refractivity contribution in [2.75, 3.05) is 0 Å². The number of fused-ring (bicyclic) bond motifs is 1. The Kier molecular flexibility index (Phi) is 3.08. The minimum absolute atomic E-state index is 0.146. The van der Waals surface area contributed by atoms with E-state index in [4.69, 9.17) is 4.74 Å². The van der Waals surface area contributed by atoms with Crippen LogP contribution in [0.1, 0.15) is 17.5 Å². The van der Waals surface area contributed by atoms with Crippen LogP contribution >= 0.6 is 0 Å². The number of ether oxygens (including phenoxy) is 1. The molecule has 1 aromatic carbocycles. The van der Waals surface area contributed by atoms with E-state index < -0.39 is 8.07 Å². The smallest absolute Gasteiger partial charge is 0.311 e. The highest BCUT2D eigenvalue weighted by Gasteiger charge is 2.16. The molecule has 2 nitrogen and oxygen atoms in total. The van der Waals surface area contributed by atoms with Crippen LogP contribution in [0.4, 0.5) is 0 Å². The van der Waals surface area contributed by atoms with E-state index >= 15 is 0 Å². The Morgan fingerprint density at radius 2 is 2.00 bits per heavy atom. The molecule has 1 aliphatic rings. The quantitative estimate of drug-likeness (QED) is 0.303. The number of hydrogen-bond donors (Lipinski definition) is 0. The zero-order valence-corrected chi connectivity index (χ0v) is 11.5. The van der Waals surface area contributed by atoms with Crippen molar-refractivity contribution in [3.63, 3.8) is 0 Å². The molecular weight excluding hydrogens is 228 g/mol. The Labute approximate surface area is 103 Å². The van der Waals surface area contributed by atoms with E-state index in [0.29, 0.717) is 12.2 Å². The Balaban J connectivity index is 2.29. The number of benzene rings is 1. The topological polar surface area (TPSA) is 26.3 Å². The third kappa shape index (κ3) is 3.21. The van der Waals surface area contributed by atoms with Crippen LogP contribution in [0.25, 0.3) is 0 Å². The number of aryl methyl sites for hydroxylation is 1. The fraction of sp³-hybridized carbons (Fsp3) is 0.357. The van der Waals surface area contributed by atoms with Crippen LogP contribution < -0.4 is 4.74 Å². The lowest BCUT2D eigenvalue weighted by Gasteiger charge is -2.15. The van der Waals surface area contributed by atoms with Gasteiger partial charge >= 0.3 is 5.97 Å². The van der Waals surface area contributed by atoms with Crippen molar-refractivity contribution in [3.05, 3.63) is 29.3 Å². The lowest BCUT2D eigenvalue weighted by Crippen LogP contribution is -2.16. The van der Waals surface area contributed by atoms with Gasteiger partial charge in [-0.15, -0.1) is 5.54 Å². The highest BCUT2D eigenvalue weighted by Crippen LogP contribution is 2.26. The van der Waals surface area contributed by atoms with Gasteiger partial charge in [0.25, 0.3) is 0 Å². The summed E-state index contributed by atoms with van der Waals surface area (Å²) >= 11 is 0. The predicted molar refractivity (Wildman–Crippen MR) is 70.6 cm³/mol. The van der Waals surface area contributed by atoms with Gasteiger partial charge in [-0.05, 0) is 24.1 Å². The maximum atomic E-state index is 11.2. The first-order chi connectivity index (χ1) is 7.94. The van der Waals surface area contributed by atoms with Gasteiger partial charge in [0.2, 0.25) is 0 Å². The highest BCUT2D eigenvalue weighted by molar-refractivity contribution is 6.83. The molecule has 0 radical (unpaired) electrons. The van der Waals surface area contributed by atoms with Crippen molar-refractivity contribution < 1.29 is 9.53 Å². The maximum Gasteiger partial charge on any atom is 0.311 e. The van der Waals surface area contributed by atoms with Crippen LogP contribution in [-0.4, -0.2) is 14.0 Å². The third-order valence-electron chi connectivity index (χ3n) is 2.47. The summed E-state index contributed by atoms with van der Waals surface area (Å²) in [7, 11) is -1.36. The Bertz CT molecular complexity index is 515. The number of hydrogen-bond acceptors (Lipinski definition) is 2. The van der Waals surface area contributed by atoms with Gasteiger partial charge in [-0.3, -0.25) is 4.79 Å². The second-order valence-electron chi connectivity index (χ2n) is 5.30. The van der Waals surface area contributed by atoms with Crippen LogP contribution in [0, 0.1) is 11.5 Å². The molecule has 3 heteroatoms. The molecule has 0 saturated carbocycles. The monoisotopic (exact) mass is 244 g/mol. The molecule has 0 aliphatic carbocycles. The number of carbonyl (C=O) groups is 1. The van der Waals surface area contributed by atoms with Crippen LogP contribution in [0.5, 0.6) is 5.75 Å². The largest absolute Gasteiger partial charge is 0.426 e. The standard InChI is InChI=1S/C14H16O2Si/c1-17(2,3)9-8-11-4-5-12-6-7-14(15)16-13(12)10-11/h4-5,10H,6-7H2,1-3H3. The average molecular weight is 244 g/mol. The summed E-state index contributed by atoms with van der Waals surface area (Å²) < 4.78 is 5.21. The summed E-state index contributed by atoms with van der Waals surface area (Å²) in [6.45, 7) is 6.62. The van der Waals surface area contributed by atoms with Gasteiger partial charge in [-0.2, -0.15) is 0 Å². The first kappa shape index (κ1) is 11.9. The fourth-order valence-electron chi connectivity index (χ4n) is 1.60. The molecule has 0 bridgehead atoms. The van der Waals surface area contributed by atoms with Crippen molar-refractivity contribution in [1.82, 2.24) is 0 Å². The van der Waals surface area contributed by atoms with E-state index in [2.05, 4.69) is 31.1 Å². The second kappa shape index (κ2) is 4.38. The molecule has 0 unspecified atom stereocenters. The molecule has 17 heavy (non-hydrogen) atoms. The predicted octanol–water partition coefficient (Wildman–Crippen LogP) is 2.77. The van der Waals surface area contributed by atoms with Crippen molar-refractivity contribution in [3.8, 4) is 17.2 Å². The Hall–Kier alpha value is -1.53. The van der Waals surface area contributed by atoms with Crippen LogP contribution in [0.2, 0.25) is 19.6 Å². The number of carbonyl (C=O) groups excluding carboxylic acids is 1. The lowest BCUT2D eigenvalue weighted by atomic mass is 10.0. The molecule has 0 amide bonds. The van der Waals surface area contributed by atoms with E-state index in [1.807, 2.05) is 18.2 Å². The molecular formula is C14H16O2Si. The molecule has 1 heterocycles. The van der Waals surface area contributed by atoms with Crippen LogP contribution in [0.15, 0.2) is 18.2 Å². The van der Waals surface area contributed by atoms with E-state index in [0.717, 1.165) is 17.5 Å². The summed E-state index contributed by atoms with van der Waals surface area (Å²) in [5, 5.41) is 0. The summed E-state index contributed by atoms with van der Waals surface area (Å²) in [5.74, 6) is 3.71. The fourth-order valence-corrected chi connectivity index (χ4v) is 2.12. The molecule has 1 aliphatic heterocycles. The summed E-state index contributed by atoms with van der Waals surface area (Å²) in [6, 6.07) is 5.89. The van der Waals surface area contributed by atoms with E-state index in [-0.39, 0.29) is 5.97 Å². The average Bonchev–Trinajstić information content (AvgIpc) is 2.24. The third-order valence-corrected chi connectivity index (χ3v) is 3.35. The highest BCUT2D eigenvalue weighted by atomic mass is 28.3. The number of esters is 1. The van der Waals surface area contributed by atoms with Crippen molar-refractivity contribution in [1.29, 1.82) is 0 Å². The summed E-state index contributed by atoms with van der Waals surface area (Å²) in [5.41, 5.74) is 5.34. The first-order valence-corrected chi connectivity index (χ1v) is 9.31. The van der Waals surface area contributed by atoms with Gasteiger partial charge in [-0.1, -0.05) is 31.6 Å². The zero-order chi connectivity index (χ0) is 12.5. The summed E-state index contributed by atoms with van der Waals surface area (Å²) in [4.78, 5) is 11.2. The van der Waals surface area contributed by atoms with E-state index in [1.165, 1.54) is 0 Å². The lowest BCUT2D eigenvalue weighted by molar-refractivity contribution is -0.135. The molecule has 88 valence electrons. The molecule has 0 fully saturated rings. The SMILES string of the molecule is C[Si](C)(C)C#Cc1ccc2c(c1)OC(=O)CC2. The van der Waals surface area contributed by atoms with Gasteiger partial charge in [0.15, 0.2) is 0 Å².